The number of aromatic amines is 1. The van der Waals surface area contributed by atoms with Crippen molar-refractivity contribution in [2.45, 2.75) is 38.9 Å². The van der Waals surface area contributed by atoms with Crippen molar-refractivity contribution in [1.29, 1.82) is 0 Å². The SMILES string of the molecule is Cc1nc2sc3cccc(CNc4ccc5c(c4)CN([C@@H](CCC(=O)O)C(=O)O)C5=O)c3c2c(=O)[nH]1. The minimum absolute atomic E-state index is 0.0887. The number of rotatable bonds is 8. The summed E-state index contributed by atoms with van der Waals surface area (Å²) in [5.74, 6) is -2.20. The highest BCUT2D eigenvalue weighted by Gasteiger charge is 2.36. The molecule has 2 aromatic carbocycles. The van der Waals surface area contributed by atoms with Gasteiger partial charge in [-0.05, 0) is 48.7 Å². The number of nitrogens with one attached hydrogen (secondary N) is 2. The second-order valence-electron chi connectivity index (χ2n) is 8.67. The van der Waals surface area contributed by atoms with Gasteiger partial charge in [0.1, 0.15) is 16.7 Å². The summed E-state index contributed by atoms with van der Waals surface area (Å²) in [5, 5.41) is 23.2. The Bertz CT molecular complexity index is 1610. The summed E-state index contributed by atoms with van der Waals surface area (Å²) >= 11 is 1.47. The Hall–Kier alpha value is -4.25. The molecule has 2 aromatic heterocycles. The van der Waals surface area contributed by atoms with Gasteiger partial charge in [0.2, 0.25) is 0 Å². The second-order valence-corrected chi connectivity index (χ2v) is 9.70. The van der Waals surface area contributed by atoms with Gasteiger partial charge in [0.25, 0.3) is 11.5 Å². The lowest BCUT2D eigenvalue weighted by Crippen LogP contribution is -2.41. The Labute approximate surface area is 208 Å². The smallest absolute Gasteiger partial charge is 0.326 e. The molecule has 1 atom stereocenters. The highest BCUT2D eigenvalue weighted by molar-refractivity contribution is 7.25. The number of carbonyl (C=O) groups excluding carboxylic acids is 1. The fourth-order valence-electron chi connectivity index (χ4n) is 4.63. The van der Waals surface area contributed by atoms with Crippen molar-refractivity contribution in [1.82, 2.24) is 14.9 Å². The number of carboxylic acids is 2. The van der Waals surface area contributed by atoms with Crippen LogP contribution in [-0.4, -0.2) is 49.0 Å². The third kappa shape index (κ3) is 4.17. The van der Waals surface area contributed by atoms with Gasteiger partial charge in [0.05, 0.1) is 5.39 Å². The van der Waals surface area contributed by atoms with E-state index in [0.29, 0.717) is 33.7 Å². The maximum Gasteiger partial charge on any atom is 0.326 e. The Morgan fingerprint density at radius 3 is 2.75 bits per heavy atom. The fourth-order valence-corrected chi connectivity index (χ4v) is 5.80. The quantitative estimate of drug-likeness (QED) is 0.284. The predicted molar refractivity (Wildman–Crippen MR) is 134 cm³/mol. The summed E-state index contributed by atoms with van der Waals surface area (Å²) < 4.78 is 0.962. The van der Waals surface area contributed by atoms with Crippen LogP contribution in [0, 0.1) is 6.92 Å². The number of hydrogen-bond acceptors (Lipinski definition) is 7. The maximum atomic E-state index is 12.8. The molecular weight excluding hydrogens is 484 g/mol. The van der Waals surface area contributed by atoms with Gasteiger partial charge < -0.3 is 25.4 Å². The number of fused-ring (bicyclic) bond motifs is 4. The molecule has 1 aliphatic rings. The molecule has 0 radical (unpaired) electrons. The van der Waals surface area contributed by atoms with E-state index in [1.807, 2.05) is 18.2 Å². The second kappa shape index (κ2) is 9.08. The molecule has 1 aliphatic heterocycles. The predicted octanol–water partition coefficient (Wildman–Crippen LogP) is 3.33. The fraction of sp³-hybridized carbons (Fsp3) is 0.240. The van der Waals surface area contributed by atoms with Gasteiger partial charge in [-0.15, -0.1) is 11.3 Å². The lowest BCUT2D eigenvalue weighted by molar-refractivity contribution is -0.143. The van der Waals surface area contributed by atoms with E-state index in [1.165, 1.54) is 16.2 Å². The number of benzene rings is 2. The molecule has 0 spiro atoms. The molecule has 0 fully saturated rings. The van der Waals surface area contributed by atoms with Crippen molar-refractivity contribution in [2.75, 3.05) is 5.32 Å². The van der Waals surface area contributed by atoms with Gasteiger partial charge in [-0.3, -0.25) is 14.4 Å². The van der Waals surface area contributed by atoms with Gasteiger partial charge in [-0.25, -0.2) is 9.78 Å². The molecule has 11 heteroatoms. The number of H-pyrrole nitrogens is 1. The van der Waals surface area contributed by atoms with Crippen LogP contribution in [0.5, 0.6) is 0 Å². The van der Waals surface area contributed by atoms with Crippen LogP contribution in [0.15, 0.2) is 41.2 Å². The molecule has 10 nitrogen and oxygen atoms in total. The highest BCUT2D eigenvalue weighted by atomic mass is 32.1. The summed E-state index contributed by atoms with van der Waals surface area (Å²) in [5.41, 5.74) is 2.55. The highest BCUT2D eigenvalue weighted by Crippen LogP contribution is 2.34. The Kier molecular flexibility index (Phi) is 5.92. The summed E-state index contributed by atoms with van der Waals surface area (Å²) in [6.07, 6.45) is -0.508. The van der Waals surface area contributed by atoms with E-state index in [4.69, 9.17) is 5.11 Å². The van der Waals surface area contributed by atoms with Crippen molar-refractivity contribution in [3.8, 4) is 0 Å². The van der Waals surface area contributed by atoms with Crippen LogP contribution in [0.25, 0.3) is 20.3 Å². The number of aromatic nitrogens is 2. The van der Waals surface area contributed by atoms with Crippen LogP contribution in [0.4, 0.5) is 5.69 Å². The van der Waals surface area contributed by atoms with Gasteiger partial charge in [0.15, 0.2) is 0 Å². The standard InChI is InChI=1S/C25H22N4O6S/c1-12-27-22(32)21-20-13(3-2-4-18(20)36-23(21)28-12)10-26-15-5-6-16-14(9-15)11-29(24(16)33)17(25(34)35)7-8-19(30)31/h2-6,9,17,26H,7-8,10-11H2,1H3,(H,30,31)(H,34,35)(H,27,28,32)/t17-/m0/s1. The molecule has 4 aromatic rings. The minimum Gasteiger partial charge on any atom is -0.481 e. The number of carboxylic acid groups (broad SMARTS) is 2. The monoisotopic (exact) mass is 506 g/mol. The molecule has 3 heterocycles. The third-order valence-corrected chi connectivity index (χ3v) is 7.34. The molecule has 0 saturated heterocycles. The molecule has 0 aliphatic carbocycles. The zero-order valence-corrected chi connectivity index (χ0v) is 20.0. The van der Waals surface area contributed by atoms with Crippen molar-refractivity contribution in [2.24, 2.45) is 0 Å². The van der Waals surface area contributed by atoms with E-state index in [9.17, 15) is 24.3 Å². The number of carbonyl (C=O) groups is 3. The first-order valence-electron chi connectivity index (χ1n) is 11.3. The average molecular weight is 507 g/mol. The zero-order valence-electron chi connectivity index (χ0n) is 19.2. The van der Waals surface area contributed by atoms with Crippen molar-refractivity contribution < 1.29 is 24.6 Å². The first kappa shape index (κ1) is 23.5. The molecular formula is C25H22N4O6S. The van der Waals surface area contributed by atoms with Crippen LogP contribution in [0.1, 0.15) is 40.2 Å². The summed E-state index contributed by atoms with van der Waals surface area (Å²) in [7, 11) is 0. The Morgan fingerprint density at radius 2 is 2.00 bits per heavy atom. The van der Waals surface area contributed by atoms with Crippen LogP contribution >= 0.6 is 11.3 Å². The Balaban J connectivity index is 1.39. The van der Waals surface area contributed by atoms with E-state index in [-0.39, 0.29) is 24.9 Å². The number of hydrogen-bond donors (Lipinski definition) is 4. The van der Waals surface area contributed by atoms with Crippen LogP contribution in [0.3, 0.4) is 0 Å². The van der Waals surface area contributed by atoms with E-state index >= 15 is 0 Å². The minimum atomic E-state index is -1.23. The lowest BCUT2D eigenvalue weighted by Gasteiger charge is -2.23. The number of amides is 1. The molecule has 36 heavy (non-hydrogen) atoms. The van der Waals surface area contributed by atoms with E-state index in [0.717, 1.165) is 21.3 Å². The number of aliphatic carboxylic acids is 2. The molecule has 184 valence electrons. The van der Waals surface area contributed by atoms with Crippen molar-refractivity contribution in [3.05, 3.63) is 69.3 Å². The number of anilines is 1. The van der Waals surface area contributed by atoms with Crippen LogP contribution < -0.4 is 10.9 Å². The van der Waals surface area contributed by atoms with Crippen molar-refractivity contribution >= 4 is 55.2 Å². The van der Waals surface area contributed by atoms with E-state index < -0.39 is 23.9 Å². The van der Waals surface area contributed by atoms with Gasteiger partial charge in [0, 0.05) is 40.8 Å². The Morgan fingerprint density at radius 1 is 1.19 bits per heavy atom. The van der Waals surface area contributed by atoms with E-state index in [1.54, 1.807) is 25.1 Å². The normalized spacial score (nSPS) is 13.8. The summed E-state index contributed by atoms with van der Waals surface area (Å²) in [6.45, 7) is 2.26. The average Bonchev–Trinajstić information content (AvgIpc) is 3.35. The van der Waals surface area contributed by atoms with Crippen LogP contribution in [-0.2, 0) is 22.7 Å². The largest absolute Gasteiger partial charge is 0.481 e. The first-order chi connectivity index (χ1) is 17.2. The summed E-state index contributed by atoms with van der Waals surface area (Å²) in [4.78, 5) is 57.3. The van der Waals surface area contributed by atoms with Crippen LogP contribution in [0.2, 0.25) is 0 Å². The first-order valence-corrected chi connectivity index (χ1v) is 12.1. The van der Waals surface area contributed by atoms with Crippen molar-refractivity contribution in [3.63, 3.8) is 0 Å². The molecule has 0 unspecified atom stereocenters. The molecule has 0 bridgehead atoms. The zero-order chi connectivity index (χ0) is 25.6. The topological polar surface area (TPSA) is 153 Å². The molecule has 5 rings (SSSR count). The molecule has 4 N–H and O–H groups in total. The van der Waals surface area contributed by atoms with Gasteiger partial charge >= 0.3 is 11.9 Å². The number of thiophene rings is 1. The third-order valence-electron chi connectivity index (χ3n) is 6.29. The lowest BCUT2D eigenvalue weighted by atomic mass is 10.1. The number of aryl methyl sites for hydroxylation is 1. The number of nitrogens with zero attached hydrogens (tertiary/aromatic N) is 2. The van der Waals surface area contributed by atoms with E-state index in [2.05, 4.69) is 15.3 Å². The van der Waals surface area contributed by atoms with Gasteiger partial charge in [-0.1, -0.05) is 12.1 Å². The molecule has 0 saturated carbocycles. The van der Waals surface area contributed by atoms with Gasteiger partial charge in [-0.2, -0.15) is 0 Å². The maximum absolute atomic E-state index is 12.8. The molecule has 1 amide bonds. The summed E-state index contributed by atoms with van der Waals surface area (Å²) in [6, 6.07) is 9.81.